The summed E-state index contributed by atoms with van der Waals surface area (Å²) in [6.45, 7) is 0.754. The molecular weight excluding hydrogens is 176 g/mol. The van der Waals surface area contributed by atoms with Crippen LogP contribution in [0.4, 0.5) is 0 Å². The first-order chi connectivity index (χ1) is 6.70. The van der Waals surface area contributed by atoms with E-state index < -0.39 is 6.04 Å². The fourth-order valence-corrected chi connectivity index (χ4v) is 1.83. The fraction of sp³-hybridized carbons (Fsp3) is 0.364. The predicted octanol–water partition coefficient (Wildman–Crippen LogP) is 0.701. The van der Waals surface area contributed by atoms with Crippen LogP contribution in [0.25, 0.3) is 0 Å². The average Bonchev–Trinajstić information content (AvgIpc) is 2.32. The molecule has 74 valence electrons. The van der Waals surface area contributed by atoms with Gasteiger partial charge in [-0.3, -0.25) is 4.79 Å². The van der Waals surface area contributed by atoms with Gasteiger partial charge in [-0.1, -0.05) is 24.3 Å². The molecule has 1 aliphatic rings. The minimum Gasteiger partial charge on any atom is -0.344 e. The van der Waals surface area contributed by atoms with Gasteiger partial charge in [0.05, 0.1) is 0 Å². The molecular formula is C11H14N2O. The van der Waals surface area contributed by atoms with E-state index in [1.54, 1.807) is 11.9 Å². The third kappa shape index (κ3) is 1.40. The monoisotopic (exact) mass is 190 g/mol. The van der Waals surface area contributed by atoms with Crippen molar-refractivity contribution in [2.45, 2.75) is 12.5 Å². The van der Waals surface area contributed by atoms with Gasteiger partial charge in [0.2, 0.25) is 5.91 Å². The lowest BCUT2D eigenvalue weighted by Crippen LogP contribution is -2.34. The molecule has 0 bridgehead atoms. The molecule has 0 saturated carbocycles. The zero-order chi connectivity index (χ0) is 10.1. The zero-order valence-corrected chi connectivity index (χ0v) is 8.23. The molecule has 2 rings (SSSR count). The molecule has 1 heterocycles. The van der Waals surface area contributed by atoms with Gasteiger partial charge in [0.15, 0.2) is 0 Å². The van der Waals surface area contributed by atoms with E-state index in [1.807, 2.05) is 24.3 Å². The van der Waals surface area contributed by atoms with Gasteiger partial charge in [0.1, 0.15) is 6.04 Å². The molecule has 0 fully saturated rings. The number of fused-ring (bicyclic) bond motifs is 1. The number of benzene rings is 1. The Morgan fingerprint density at radius 3 is 2.93 bits per heavy atom. The SMILES string of the molecule is CN1CCc2ccccc2[C@H](N)C1=O. The molecule has 2 N–H and O–H groups in total. The van der Waals surface area contributed by atoms with Crippen LogP contribution < -0.4 is 5.73 Å². The van der Waals surface area contributed by atoms with E-state index in [4.69, 9.17) is 5.73 Å². The van der Waals surface area contributed by atoms with Gasteiger partial charge >= 0.3 is 0 Å². The van der Waals surface area contributed by atoms with Gasteiger partial charge in [-0.05, 0) is 17.5 Å². The number of rotatable bonds is 0. The van der Waals surface area contributed by atoms with Crippen molar-refractivity contribution in [2.75, 3.05) is 13.6 Å². The Morgan fingerprint density at radius 2 is 2.14 bits per heavy atom. The number of carbonyl (C=O) groups is 1. The maximum atomic E-state index is 11.7. The minimum atomic E-state index is -0.487. The smallest absolute Gasteiger partial charge is 0.243 e. The number of nitrogens with two attached hydrogens (primary N) is 1. The van der Waals surface area contributed by atoms with E-state index in [0.29, 0.717) is 0 Å². The number of hydrogen-bond acceptors (Lipinski definition) is 2. The van der Waals surface area contributed by atoms with Crippen molar-refractivity contribution in [3.63, 3.8) is 0 Å². The van der Waals surface area contributed by atoms with Gasteiger partial charge in [-0.25, -0.2) is 0 Å². The second-order valence-corrected chi connectivity index (χ2v) is 3.69. The van der Waals surface area contributed by atoms with E-state index >= 15 is 0 Å². The Kier molecular flexibility index (Phi) is 2.25. The number of hydrogen-bond donors (Lipinski definition) is 1. The highest BCUT2D eigenvalue weighted by atomic mass is 16.2. The molecule has 1 aromatic rings. The first-order valence-corrected chi connectivity index (χ1v) is 4.78. The highest BCUT2D eigenvalue weighted by Crippen LogP contribution is 2.21. The van der Waals surface area contributed by atoms with E-state index in [1.165, 1.54) is 5.56 Å². The Morgan fingerprint density at radius 1 is 1.43 bits per heavy atom. The molecule has 14 heavy (non-hydrogen) atoms. The quantitative estimate of drug-likeness (QED) is 0.654. The van der Waals surface area contributed by atoms with Crippen molar-refractivity contribution in [1.29, 1.82) is 0 Å². The fourth-order valence-electron chi connectivity index (χ4n) is 1.83. The van der Waals surface area contributed by atoms with Crippen LogP contribution in [-0.4, -0.2) is 24.4 Å². The molecule has 3 heteroatoms. The van der Waals surface area contributed by atoms with Gasteiger partial charge < -0.3 is 10.6 Å². The summed E-state index contributed by atoms with van der Waals surface area (Å²) in [4.78, 5) is 13.4. The van der Waals surface area contributed by atoms with E-state index in [-0.39, 0.29) is 5.91 Å². The highest BCUT2D eigenvalue weighted by Gasteiger charge is 2.24. The van der Waals surface area contributed by atoms with Crippen molar-refractivity contribution in [3.8, 4) is 0 Å². The van der Waals surface area contributed by atoms with Crippen LogP contribution in [0, 0.1) is 0 Å². The van der Waals surface area contributed by atoms with Gasteiger partial charge in [0.25, 0.3) is 0 Å². The summed E-state index contributed by atoms with van der Waals surface area (Å²) in [5.74, 6) is 0.00921. The maximum Gasteiger partial charge on any atom is 0.243 e. The topological polar surface area (TPSA) is 46.3 Å². The average molecular weight is 190 g/mol. The summed E-state index contributed by atoms with van der Waals surface area (Å²) < 4.78 is 0. The zero-order valence-electron chi connectivity index (χ0n) is 8.23. The summed E-state index contributed by atoms with van der Waals surface area (Å²) in [7, 11) is 1.80. The van der Waals surface area contributed by atoms with E-state index in [2.05, 4.69) is 0 Å². The predicted molar refractivity (Wildman–Crippen MR) is 54.7 cm³/mol. The third-order valence-corrected chi connectivity index (χ3v) is 2.75. The second-order valence-electron chi connectivity index (χ2n) is 3.69. The number of likely N-dealkylation sites (N-methyl/N-ethyl adjacent to an activating group) is 1. The lowest BCUT2D eigenvalue weighted by atomic mass is 10.00. The number of amides is 1. The Balaban J connectivity index is 2.45. The van der Waals surface area contributed by atoms with Gasteiger partial charge in [-0.2, -0.15) is 0 Å². The molecule has 3 nitrogen and oxygen atoms in total. The van der Waals surface area contributed by atoms with Crippen LogP contribution in [0.5, 0.6) is 0 Å². The number of nitrogens with zero attached hydrogens (tertiary/aromatic N) is 1. The van der Waals surface area contributed by atoms with Crippen LogP contribution in [0.15, 0.2) is 24.3 Å². The van der Waals surface area contributed by atoms with Crippen molar-refractivity contribution in [1.82, 2.24) is 4.90 Å². The molecule has 0 aliphatic carbocycles. The van der Waals surface area contributed by atoms with Crippen LogP contribution in [-0.2, 0) is 11.2 Å². The van der Waals surface area contributed by atoms with E-state index in [9.17, 15) is 4.79 Å². The van der Waals surface area contributed by atoms with Crippen molar-refractivity contribution in [2.24, 2.45) is 5.73 Å². The lowest BCUT2D eigenvalue weighted by molar-refractivity contribution is -0.131. The molecule has 0 unspecified atom stereocenters. The second kappa shape index (κ2) is 3.42. The molecule has 1 aromatic carbocycles. The highest BCUT2D eigenvalue weighted by molar-refractivity contribution is 5.83. The Labute approximate surface area is 83.5 Å². The molecule has 1 amide bonds. The van der Waals surface area contributed by atoms with Crippen molar-refractivity contribution >= 4 is 5.91 Å². The van der Waals surface area contributed by atoms with Crippen LogP contribution >= 0.6 is 0 Å². The molecule has 1 atom stereocenters. The van der Waals surface area contributed by atoms with Crippen LogP contribution in [0.2, 0.25) is 0 Å². The maximum absolute atomic E-state index is 11.7. The number of carbonyl (C=O) groups excluding carboxylic acids is 1. The normalized spacial score (nSPS) is 21.7. The lowest BCUT2D eigenvalue weighted by Gasteiger charge is -2.16. The third-order valence-electron chi connectivity index (χ3n) is 2.75. The largest absolute Gasteiger partial charge is 0.344 e. The summed E-state index contributed by atoms with van der Waals surface area (Å²) >= 11 is 0. The van der Waals surface area contributed by atoms with Crippen molar-refractivity contribution < 1.29 is 4.79 Å². The summed E-state index contributed by atoms with van der Waals surface area (Å²) in [6.07, 6.45) is 0.895. The van der Waals surface area contributed by atoms with Crippen molar-refractivity contribution in [3.05, 3.63) is 35.4 Å². The Bertz CT molecular complexity index is 362. The molecule has 0 aromatic heterocycles. The molecule has 0 radical (unpaired) electrons. The first-order valence-electron chi connectivity index (χ1n) is 4.78. The van der Waals surface area contributed by atoms with Crippen LogP contribution in [0.1, 0.15) is 17.2 Å². The molecule has 1 aliphatic heterocycles. The van der Waals surface area contributed by atoms with Crippen LogP contribution in [0.3, 0.4) is 0 Å². The standard InChI is InChI=1S/C11H14N2O/c1-13-7-6-8-4-2-3-5-9(8)10(12)11(13)14/h2-5,10H,6-7,12H2,1H3/t10-/m0/s1. The van der Waals surface area contributed by atoms with Gasteiger partial charge in [0, 0.05) is 13.6 Å². The molecule has 0 saturated heterocycles. The first kappa shape index (κ1) is 9.21. The van der Waals surface area contributed by atoms with Gasteiger partial charge in [-0.15, -0.1) is 0 Å². The summed E-state index contributed by atoms with van der Waals surface area (Å²) in [6, 6.07) is 7.41. The minimum absolute atomic E-state index is 0.00921. The summed E-state index contributed by atoms with van der Waals surface area (Å²) in [5, 5.41) is 0. The van der Waals surface area contributed by atoms with E-state index in [0.717, 1.165) is 18.5 Å². The Hall–Kier alpha value is -1.35. The summed E-state index contributed by atoms with van der Waals surface area (Å²) in [5.41, 5.74) is 8.06. The molecule has 0 spiro atoms.